The van der Waals surface area contributed by atoms with Crippen LogP contribution in [0.25, 0.3) is 5.69 Å². The number of fused-ring (bicyclic) bond motifs is 1. The maximum absolute atomic E-state index is 13.4. The second-order valence-electron chi connectivity index (χ2n) is 8.77. The Bertz CT molecular complexity index is 1290. The third-order valence-electron chi connectivity index (χ3n) is 6.55. The molecule has 0 unspecified atom stereocenters. The van der Waals surface area contributed by atoms with Crippen molar-refractivity contribution in [1.29, 1.82) is 0 Å². The normalized spacial score (nSPS) is 16.5. The molecule has 3 aromatic rings. The number of anilines is 1. The predicted molar refractivity (Wildman–Crippen MR) is 127 cm³/mol. The molecule has 1 aliphatic heterocycles. The summed E-state index contributed by atoms with van der Waals surface area (Å²) in [6.07, 6.45) is 5.55. The van der Waals surface area contributed by atoms with Crippen molar-refractivity contribution in [1.82, 2.24) is 14.1 Å². The smallest absolute Gasteiger partial charge is 0.257 e. The fourth-order valence-electron chi connectivity index (χ4n) is 4.71. The number of aryl methyl sites for hydroxylation is 2. The van der Waals surface area contributed by atoms with Crippen molar-refractivity contribution in [2.75, 3.05) is 18.4 Å². The second kappa shape index (κ2) is 8.76. The van der Waals surface area contributed by atoms with Crippen molar-refractivity contribution in [2.24, 2.45) is 0 Å². The minimum atomic E-state index is -3.62. The minimum absolute atomic E-state index is 0.168. The zero-order valence-corrected chi connectivity index (χ0v) is 19.6. The van der Waals surface area contributed by atoms with Crippen molar-refractivity contribution in [2.45, 2.75) is 50.3 Å². The van der Waals surface area contributed by atoms with E-state index in [0.717, 1.165) is 61.0 Å². The van der Waals surface area contributed by atoms with Gasteiger partial charge in [-0.3, -0.25) is 4.79 Å². The first-order valence-electron chi connectivity index (χ1n) is 11.5. The average Bonchev–Trinajstić information content (AvgIpc) is 3.43. The average molecular weight is 465 g/mol. The molecule has 5 rings (SSSR count). The quantitative estimate of drug-likeness (QED) is 0.616. The molecule has 0 radical (unpaired) electrons. The van der Waals surface area contributed by atoms with Crippen molar-refractivity contribution >= 4 is 21.7 Å². The highest BCUT2D eigenvalue weighted by Crippen LogP contribution is 2.32. The fourth-order valence-corrected chi connectivity index (χ4v) is 6.26. The van der Waals surface area contributed by atoms with Crippen molar-refractivity contribution in [3.63, 3.8) is 0 Å². The Labute approximate surface area is 194 Å². The van der Waals surface area contributed by atoms with E-state index >= 15 is 0 Å². The van der Waals surface area contributed by atoms with Gasteiger partial charge in [-0.2, -0.15) is 9.40 Å². The summed E-state index contributed by atoms with van der Waals surface area (Å²) < 4.78 is 29.6. The number of para-hydroxylation sites is 1. The van der Waals surface area contributed by atoms with E-state index in [9.17, 15) is 13.2 Å². The molecule has 8 heteroatoms. The van der Waals surface area contributed by atoms with E-state index in [-0.39, 0.29) is 10.8 Å². The standard InChI is InChI=1S/C25H28N4O3S/c1-18-13-14-20(33(31,32)28-15-6-3-7-16-28)17-22(18)25(30)26-24-21-11-8-12-23(21)27-29(24)19-9-4-2-5-10-19/h2,4-5,9-10,13-14,17H,3,6-8,11-12,15-16H2,1H3,(H,26,30). The second-order valence-corrected chi connectivity index (χ2v) is 10.7. The molecule has 0 atom stereocenters. The van der Waals surface area contributed by atoms with Crippen molar-refractivity contribution in [3.8, 4) is 5.69 Å². The van der Waals surface area contributed by atoms with Crippen LogP contribution in [-0.4, -0.2) is 41.5 Å². The van der Waals surface area contributed by atoms with Crippen molar-refractivity contribution < 1.29 is 13.2 Å². The topological polar surface area (TPSA) is 84.3 Å². The van der Waals surface area contributed by atoms with Crippen LogP contribution in [-0.2, 0) is 22.9 Å². The number of rotatable bonds is 5. The summed E-state index contributed by atoms with van der Waals surface area (Å²) in [6.45, 7) is 2.88. The number of aromatic nitrogens is 2. The van der Waals surface area contributed by atoms with Crippen LogP contribution >= 0.6 is 0 Å². The SMILES string of the molecule is Cc1ccc(S(=O)(=O)N2CCCCC2)cc1C(=O)Nc1c2c(nn1-c1ccccc1)CCC2. The van der Waals surface area contributed by atoms with Gasteiger partial charge in [-0.1, -0.05) is 30.7 Å². The Hall–Kier alpha value is -2.97. The lowest BCUT2D eigenvalue weighted by atomic mass is 10.1. The molecule has 2 heterocycles. The number of piperidine rings is 1. The lowest BCUT2D eigenvalue weighted by Gasteiger charge is -2.26. The van der Waals surface area contributed by atoms with Crippen LogP contribution in [0.15, 0.2) is 53.4 Å². The van der Waals surface area contributed by atoms with Gasteiger partial charge in [0.1, 0.15) is 5.82 Å². The molecular weight excluding hydrogens is 436 g/mol. The van der Waals surface area contributed by atoms with E-state index in [1.165, 1.54) is 10.4 Å². The molecule has 1 fully saturated rings. The van der Waals surface area contributed by atoms with Gasteiger partial charge >= 0.3 is 0 Å². The molecule has 7 nitrogen and oxygen atoms in total. The molecule has 172 valence electrons. The number of carbonyl (C=O) groups is 1. The van der Waals surface area contributed by atoms with Gasteiger partial charge < -0.3 is 5.32 Å². The Morgan fingerprint density at radius 3 is 2.48 bits per heavy atom. The summed E-state index contributed by atoms with van der Waals surface area (Å²) in [5, 5.41) is 7.81. The highest BCUT2D eigenvalue weighted by Gasteiger charge is 2.28. The maximum atomic E-state index is 13.4. The molecule has 0 saturated carbocycles. The fraction of sp³-hybridized carbons (Fsp3) is 0.360. The summed E-state index contributed by atoms with van der Waals surface area (Å²) in [5.74, 6) is 0.345. The lowest BCUT2D eigenvalue weighted by molar-refractivity contribution is 0.102. The van der Waals surface area contributed by atoms with Gasteiger partial charge in [0.15, 0.2) is 0 Å². The Kier molecular flexibility index (Phi) is 5.80. The van der Waals surface area contributed by atoms with Gasteiger partial charge in [0, 0.05) is 24.2 Å². The summed E-state index contributed by atoms with van der Waals surface area (Å²) >= 11 is 0. The largest absolute Gasteiger partial charge is 0.306 e. The first kappa shape index (κ1) is 21.9. The van der Waals surface area contributed by atoms with Crippen LogP contribution < -0.4 is 5.32 Å². The Morgan fingerprint density at radius 1 is 0.970 bits per heavy atom. The van der Waals surface area contributed by atoms with Crippen LogP contribution in [0.3, 0.4) is 0 Å². The number of amides is 1. The van der Waals surface area contributed by atoms with E-state index in [0.29, 0.717) is 24.5 Å². The number of nitrogens with one attached hydrogen (secondary N) is 1. The van der Waals surface area contributed by atoms with E-state index in [2.05, 4.69) is 5.32 Å². The summed E-state index contributed by atoms with van der Waals surface area (Å²) in [6, 6.07) is 14.5. The van der Waals surface area contributed by atoms with Gasteiger partial charge in [0.05, 0.1) is 16.3 Å². The number of hydrogen-bond donors (Lipinski definition) is 1. The molecule has 0 bridgehead atoms. The molecular formula is C25H28N4O3S. The van der Waals surface area contributed by atoms with E-state index in [1.54, 1.807) is 16.8 Å². The zero-order chi connectivity index (χ0) is 23.0. The summed E-state index contributed by atoms with van der Waals surface area (Å²) in [4.78, 5) is 13.6. The minimum Gasteiger partial charge on any atom is -0.306 e. The highest BCUT2D eigenvalue weighted by molar-refractivity contribution is 7.89. The van der Waals surface area contributed by atoms with Crippen LogP contribution in [0.2, 0.25) is 0 Å². The molecule has 1 saturated heterocycles. The lowest BCUT2D eigenvalue weighted by Crippen LogP contribution is -2.35. The first-order valence-corrected chi connectivity index (χ1v) is 13.0. The number of carbonyl (C=O) groups excluding carboxylic acids is 1. The molecule has 33 heavy (non-hydrogen) atoms. The van der Waals surface area contributed by atoms with Crippen LogP contribution in [0, 0.1) is 6.92 Å². The monoisotopic (exact) mass is 464 g/mol. The van der Waals surface area contributed by atoms with E-state index < -0.39 is 10.0 Å². The Morgan fingerprint density at radius 2 is 1.73 bits per heavy atom. The number of benzene rings is 2. The van der Waals surface area contributed by atoms with Gasteiger partial charge in [-0.15, -0.1) is 0 Å². The molecule has 2 aromatic carbocycles. The van der Waals surface area contributed by atoms with E-state index in [4.69, 9.17) is 5.10 Å². The number of nitrogens with zero attached hydrogens (tertiary/aromatic N) is 3. The van der Waals surface area contributed by atoms with E-state index in [1.807, 2.05) is 37.3 Å². The van der Waals surface area contributed by atoms with Crippen LogP contribution in [0.1, 0.15) is 52.9 Å². The third kappa shape index (κ3) is 4.09. The van der Waals surface area contributed by atoms with Gasteiger partial charge in [-0.25, -0.2) is 13.1 Å². The van der Waals surface area contributed by atoms with Crippen LogP contribution in [0.4, 0.5) is 5.82 Å². The van der Waals surface area contributed by atoms with Gasteiger partial charge in [0.2, 0.25) is 10.0 Å². The molecule has 0 spiro atoms. The zero-order valence-electron chi connectivity index (χ0n) is 18.8. The van der Waals surface area contributed by atoms with Gasteiger partial charge in [0.25, 0.3) is 5.91 Å². The predicted octanol–water partition coefficient (Wildman–Crippen LogP) is 4.10. The first-order chi connectivity index (χ1) is 15.9. The summed E-state index contributed by atoms with van der Waals surface area (Å²) in [5.41, 5.74) is 4.03. The molecule has 2 aliphatic rings. The van der Waals surface area contributed by atoms with Crippen molar-refractivity contribution in [3.05, 3.63) is 70.9 Å². The summed E-state index contributed by atoms with van der Waals surface area (Å²) in [7, 11) is -3.62. The maximum Gasteiger partial charge on any atom is 0.257 e. The molecule has 1 N–H and O–H groups in total. The molecule has 1 aromatic heterocycles. The highest BCUT2D eigenvalue weighted by atomic mass is 32.2. The Balaban J connectivity index is 1.49. The van der Waals surface area contributed by atoms with Crippen LogP contribution in [0.5, 0.6) is 0 Å². The van der Waals surface area contributed by atoms with Gasteiger partial charge in [-0.05, 0) is 68.9 Å². The number of hydrogen-bond acceptors (Lipinski definition) is 4. The molecule has 1 aliphatic carbocycles. The number of sulfonamides is 1. The third-order valence-corrected chi connectivity index (χ3v) is 8.44. The molecule has 1 amide bonds.